The highest BCUT2D eigenvalue weighted by Gasteiger charge is 2.14. The molecule has 4 heteroatoms. The van der Waals surface area contributed by atoms with Crippen molar-refractivity contribution in [3.63, 3.8) is 0 Å². The van der Waals surface area contributed by atoms with Gasteiger partial charge in [0.1, 0.15) is 5.75 Å². The number of rotatable bonds is 3. The normalized spacial score (nSPS) is 10.1. The summed E-state index contributed by atoms with van der Waals surface area (Å²) in [4.78, 5) is 12.2. The van der Waals surface area contributed by atoms with Crippen molar-refractivity contribution in [1.29, 1.82) is 0 Å². The van der Waals surface area contributed by atoms with E-state index >= 15 is 0 Å². The van der Waals surface area contributed by atoms with Gasteiger partial charge in [-0.15, -0.1) is 0 Å². The number of amides is 1. The summed E-state index contributed by atoms with van der Waals surface area (Å²) < 4.78 is 5.27. The predicted octanol–water partition coefficient (Wildman–Crippen LogP) is 3.91. The minimum absolute atomic E-state index is 0.242. The monoisotopic (exact) mass is 275 g/mol. The Labute approximate surface area is 117 Å². The first-order chi connectivity index (χ1) is 9.13. The molecule has 0 saturated carbocycles. The molecule has 0 aliphatic heterocycles. The van der Waals surface area contributed by atoms with Crippen LogP contribution in [-0.4, -0.2) is 13.0 Å². The molecule has 19 heavy (non-hydrogen) atoms. The third kappa shape index (κ3) is 2.88. The Kier molecular flexibility index (Phi) is 4.07. The minimum Gasteiger partial charge on any atom is -0.496 e. The number of nitrogens with one attached hydrogen (secondary N) is 1. The Morgan fingerprint density at radius 1 is 1.16 bits per heavy atom. The summed E-state index contributed by atoms with van der Waals surface area (Å²) in [5, 5.41) is 3.28. The van der Waals surface area contributed by atoms with Crippen molar-refractivity contribution in [2.24, 2.45) is 0 Å². The molecular formula is C15H14ClNO2. The largest absolute Gasteiger partial charge is 0.496 e. The summed E-state index contributed by atoms with van der Waals surface area (Å²) in [5.74, 6) is 0.334. The van der Waals surface area contributed by atoms with Crippen LogP contribution in [0.25, 0.3) is 0 Å². The molecule has 2 aromatic rings. The van der Waals surface area contributed by atoms with E-state index in [-0.39, 0.29) is 5.91 Å². The van der Waals surface area contributed by atoms with Crippen molar-refractivity contribution >= 4 is 23.2 Å². The van der Waals surface area contributed by atoms with E-state index in [0.29, 0.717) is 22.0 Å². The molecule has 0 atom stereocenters. The van der Waals surface area contributed by atoms with E-state index < -0.39 is 0 Å². The van der Waals surface area contributed by atoms with Gasteiger partial charge in [-0.05, 0) is 30.7 Å². The Morgan fingerprint density at radius 3 is 2.58 bits per heavy atom. The van der Waals surface area contributed by atoms with Crippen LogP contribution in [0.2, 0.25) is 5.02 Å². The van der Waals surface area contributed by atoms with Crippen LogP contribution in [-0.2, 0) is 0 Å². The number of anilines is 1. The third-order valence-corrected chi connectivity index (χ3v) is 3.11. The lowest BCUT2D eigenvalue weighted by molar-refractivity contribution is 0.102. The number of carbonyl (C=O) groups excluding carboxylic acids is 1. The number of benzene rings is 2. The van der Waals surface area contributed by atoms with Gasteiger partial charge in [-0.2, -0.15) is 0 Å². The number of ether oxygens (including phenoxy) is 1. The van der Waals surface area contributed by atoms with Crippen LogP contribution in [0.4, 0.5) is 5.69 Å². The summed E-state index contributed by atoms with van der Waals surface area (Å²) in [7, 11) is 1.55. The molecule has 0 unspecified atom stereocenters. The van der Waals surface area contributed by atoms with E-state index in [4.69, 9.17) is 16.3 Å². The average molecular weight is 276 g/mol. The van der Waals surface area contributed by atoms with Gasteiger partial charge < -0.3 is 10.1 Å². The maximum Gasteiger partial charge on any atom is 0.259 e. The number of methoxy groups -OCH3 is 1. The van der Waals surface area contributed by atoms with Crippen LogP contribution < -0.4 is 10.1 Å². The van der Waals surface area contributed by atoms with Gasteiger partial charge in [0, 0.05) is 0 Å². The average Bonchev–Trinajstić information content (AvgIpc) is 2.41. The van der Waals surface area contributed by atoms with Crippen LogP contribution >= 0.6 is 11.6 Å². The van der Waals surface area contributed by atoms with Gasteiger partial charge in [0.25, 0.3) is 5.91 Å². The predicted molar refractivity (Wildman–Crippen MR) is 77.1 cm³/mol. The second kappa shape index (κ2) is 5.76. The molecule has 1 amide bonds. The standard InChI is InChI=1S/C15H14ClNO2/c1-10-6-5-7-11(14(10)19-2)15(18)17-13-9-4-3-8-12(13)16/h3-9H,1-2H3,(H,17,18). The van der Waals surface area contributed by atoms with E-state index in [1.165, 1.54) is 0 Å². The molecule has 0 aliphatic rings. The Bertz CT molecular complexity index is 611. The molecule has 0 bridgehead atoms. The maximum absolute atomic E-state index is 12.2. The molecular weight excluding hydrogens is 262 g/mol. The first-order valence-electron chi connectivity index (χ1n) is 5.83. The number of carbonyl (C=O) groups is 1. The summed E-state index contributed by atoms with van der Waals surface area (Å²) in [5.41, 5.74) is 1.98. The number of para-hydroxylation sites is 2. The van der Waals surface area contributed by atoms with Gasteiger partial charge in [-0.3, -0.25) is 4.79 Å². The fraction of sp³-hybridized carbons (Fsp3) is 0.133. The van der Waals surface area contributed by atoms with Crippen LogP contribution in [0.3, 0.4) is 0 Å². The summed E-state index contributed by atoms with van der Waals surface area (Å²) in [6, 6.07) is 12.5. The molecule has 3 nitrogen and oxygen atoms in total. The minimum atomic E-state index is -0.242. The van der Waals surface area contributed by atoms with Gasteiger partial charge in [0.2, 0.25) is 0 Å². The van der Waals surface area contributed by atoms with Gasteiger partial charge in [-0.25, -0.2) is 0 Å². The smallest absolute Gasteiger partial charge is 0.259 e. The van der Waals surface area contributed by atoms with Gasteiger partial charge in [-0.1, -0.05) is 35.9 Å². The molecule has 0 heterocycles. The molecule has 0 spiro atoms. The van der Waals surface area contributed by atoms with Gasteiger partial charge in [0.15, 0.2) is 0 Å². The zero-order valence-electron chi connectivity index (χ0n) is 10.7. The van der Waals surface area contributed by atoms with Crippen molar-refractivity contribution in [2.45, 2.75) is 6.92 Å². The highest BCUT2D eigenvalue weighted by atomic mass is 35.5. The second-order valence-electron chi connectivity index (χ2n) is 4.09. The molecule has 1 N–H and O–H groups in total. The first kappa shape index (κ1) is 13.4. The summed E-state index contributed by atoms with van der Waals surface area (Å²) in [6.45, 7) is 1.89. The van der Waals surface area contributed by atoms with Crippen molar-refractivity contribution in [1.82, 2.24) is 0 Å². The van der Waals surface area contributed by atoms with Crippen LogP contribution in [0, 0.1) is 6.92 Å². The molecule has 98 valence electrons. The lowest BCUT2D eigenvalue weighted by Gasteiger charge is -2.12. The van der Waals surface area contributed by atoms with Crippen molar-refractivity contribution in [2.75, 3.05) is 12.4 Å². The first-order valence-corrected chi connectivity index (χ1v) is 6.20. The van der Waals surface area contributed by atoms with Gasteiger partial charge >= 0.3 is 0 Å². The fourth-order valence-corrected chi connectivity index (χ4v) is 2.04. The summed E-state index contributed by atoms with van der Waals surface area (Å²) >= 11 is 6.01. The highest BCUT2D eigenvalue weighted by Crippen LogP contribution is 2.26. The van der Waals surface area contributed by atoms with E-state index in [9.17, 15) is 4.79 Å². The maximum atomic E-state index is 12.2. The molecule has 0 aliphatic carbocycles. The van der Waals surface area contributed by atoms with Gasteiger partial charge in [0.05, 0.1) is 23.4 Å². The number of hydrogen-bond donors (Lipinski definition) is 1. The number of halogens is 1. The van der Waals surface area contributed by atoms with Crippen molar-refractivity contribution in [3.8, 4) is 5.75 Å². The van der Waals surface area contributed by atoms with E-state index in [1.807, 2.05) is 31.2 Å². The van der Waals surface area contributed by atoms with Crippen LogP contribution in [0.1, 0.15) is 15.9 Å². The third-order valence-electron chi connectivity index (χ3n) is 2.78. The topological polar surface area (TPSA) is 38.3 Å². The Hall–Kier alpha value is -2.00. The summed E-state index contributed by atoms with van der Waals surface area (Å²) in [6.07, 6.45) is 0. The fourth-order valence-electron chi connectivity index (χ4n) is 1.85. The van der Waals surface area contributed by atoms with Crippen molar-refractivity contribution < 1.29 is 9.53 Å². The molecule has 0 fully saturated rings. The zero-order chi connectivity index (χ0) is 13.8. The molecule has 2 aromatic carbocycles. The van der Waals surface area contributed by atoms with Crippen molar-refractivity contribution in [3.05, 3.63) is 58.6 Å². The van der Waals surface area contributed by atoms with Crippen LogP contribution in [0.15, 0.2) is 42.5 Å². The van der Waals surface area contributed by atoms with E-state index in [1.54, 1.807) is 25.3 Å². The Morgan fingerprint density at radius 2 is 1.89 bits per heavy atom. The van der Waals surface area contributed by atoms with Crippen LogP contribution in [0.5, 0.6) is 5.75 Å². The lowest BCUT2D eigenvalue weighted by atomic mass is 10.1. The second-order valence-corrected chi connectivity index (χ2v) is 4.50. The highest BCUT2D eigenvalue weighted by molar-refractivity contribution is 6.33. The SMILES string of the molecule is COc1c(C)cccc1C(=O)Nc1ccccc1Cl. The molecule has 2 rings (SSSR count). The lowest BCUT2D eigenvalue weighted by Crippen LogP contribution is -2.13. The molecule has 0 saturated heterocycles. The quantitative estimate of drug-likeness (QED) is 0.922. The Balaban J connectivity index is 2.31. The zero-order valence-corrected chi connectivity index (χ0v) is 11.5. The van der Waals surface area contributed by atoms with E-state index in [0.717, 1.165) is 5.56 Å². The molecule has 0 radical (unpaired) electrons. The number of hydrogen-bond acceptors (Lipinski definition) is 2. The number of aryl methyl sites for hydroxylation is 1. The van der Waals surface area contributed by atoms with E-state index in [2.05, 4.69) is 5.32 Å². The molecule has 0 aromatic heterocycles.